The van der Waals surface area contributed by atoms with Crippen molar-refractivity contribution in [3.05, 3.63) is 47.9 Å². The molecule has 8 heteroatoms. The molecule has 1 unspecified atom stereocenters. The van der Waals surface area contributed by atoms with Crippen molar-refractivity contribution < 1.29 is 19.1 Å². The van der Waals surface area contributed by atoms with Crippen LogP contribution >= 0.6 is 0 Å². The van der Waals surface area contributed by atoms with Crippen molar-refractivity contribution in [3.63, 3.8) is 0 Å². The van der Waals surface area contributed by atoms with Crippen LogP contribution in [0.3, 0.4) is 0 Å². The summed E-state index contributed by atoms with van der Waals surface area (Å²) in [5.74, 6) is 0.313. The SMILES string of the molecule is CCOc1ccc(C(=O)N2CCCC(Oc3ccnc(C(N)=O)c3)C2)cn1. The highest BCUT2D eigenvalue weighted by Gasteiger charge is 2.26. The number of aromatic nitrogens is 2. The summed E-state index contributed by atoms with van der Waals surface area (Å²) in [5.41, 5.74) is 5.91. The third-order valence-corrected chi connectivity index (χ3v) is 4.23. The van der Waals surface area contributed by atoms with Gasteiger partial charge in [-0.15, -0.1) is 0 Å². The molecule has 3 rings (SSSR count). The maximum Gasteiger partial charge on any atom is 0.267 e. The summed E-state index contributed by atoms with van der Waals surface area (Å²) in [5, 5.41) is 0. The maximum absolute atomic E-state index is 12.7. The first-order valence-corrected chi connectivity index (χ1v) is 8.87. The van der Waals surface area contributed by atoms with Gasteiger partial charge in [-0.3, -0.25) is 14.6 Å². The Morgan fingerprint density at radius 3 is 2.85 bits per heavy atom. The molecule has 1 atom stereocenters. The molecule has 0 aliphatic carbocycles. The van der Waals surface area contributed by atoms with Crippen LogP contribution in [0.1, 0.15) is 40.6 Å². The molecule has 8 nitrogen and oxygen atoms in total. The molecule has 1 fully saturated rings. The Bertz CT molecular complexity index is 810. The summed E-state index contributed by atoms with van der Waals surface area (Å²) in [7, 11) is 0. The molecular formula is C19H22N4O4. The monoisotopic (exact) mass is 370 g/mol. The average molecular weight is 370 g/mol. The van der Waals surface area contributed by atoms with Crippen LogP contribution in [0.2, 0.25) is 0 Å². The van der Waals surface area contributed by atoms with E-state index in [-0.39, 0.29) is 17.7 Å². The van der Waals surface area contributed by atoms with Crippen molar-refractivity contribution >= 4 is 11.8 Å². The van der Waals surface area contributed by atoms with Gasteiger partial charge >= 0.3 is 0 Å². The van der Waals surface area contributed by atoms with Gasteiger partial charge in [-0.05, 0) is 31.9 Å². The minimum absolute atomic E-state index is 0.0913. The number of carbonyl (C=O) groups is 2. The Labute approximate surface area is 157 Å². The number of nitrogens with two attached hydrogens (primary N) is 1. The molecular weight excluding hydrogens is 348 g/mol. The Morgan fingerprint density at radius 1 is 1.30 bits per heavy atom. The van der Waals surface area contributed by atoms with Gasteiger partial charge in [-0.2, -0.15) is 0 Å². The van der Waals surface area contributed by atoms with Gasteiger partial charge in [-0.1, -0.05) is 0 Å². The number of primary amides is 1. The zero-order valence-corrected chi connectivity index (χ0v) is 15.1. The molecule has 2 aromatic rings. The van der Waals surface area contributed by atoms with Gasteiger partial charge in [-0.25, -0.2) is 4.98 Å². The molecule has 2 N–H and O–H groups in total. The van der Waals surface area contributed by atoms with Crippen LogP contribution in [-0.2, 0) is 0 Å². The molecule has 1 saturated heterocycles. The molecule has 27 heavy (non-hydrogen) atoms. The number of carbonyl (C=O) groups excluding carboxylic acids is 2. The summed E-state index contributed by atoms with van der Waals surface area (Å²) >= 11 is 0. The second-order valence-corrected chi connectivity index (χ2v) is 6.19. The van der Waals surface area contributed by atoms with Gasteiger partial charge in [0.2, 0.25) is 5.88 Å². The van der Waals surface area contributed by atoms with E-state index in [2.05, 4.69) is 9.97 Å². The molecule has 0 bridgehead atoms. The van der Waals surface area contributed by atoms with E-state index in [1.54, 1.807) is 23.1 Å². The highest BCUT2D eigenvalue weighted by atomic mass is 16.5. The molecule has 0 saturated carbocycles. The van der Waals surface area contributed by atoms with Crippen LogP contribution in [0.5, 0.6) is 11.6 Å². The molecule has 1 aliphatic heterocycles. The zero-order valence-electron chi connectivity index (χ0n) is 15.1. The number of pyridine rings is 2. The lowest BCUT2D eigenvalue weighted by Crippen LogP contribution is -2.44. The number of nitrogens with zero attached hydrogens (tertiary/aromatic N) is 3. The number of rotatable bonds is 6. The van der Waals surface area contributed by atoms with Crippen LogP contribution in [0, 0.1) is 0 Å². The third kappa shape index (κ3) is 4.72. The van der Waals surface area contributed by atoms with Crippen LogP contribution in [-0.4, -0.2) is 52.5 Å². The summed E-state index contributed by atoms with van der Waals surface area (Å²) in [4.78, 5) is 33.8. The molecule has 1 aliphatic rings. The largest absolute Gasteiger partial charge is 0.488 e. The van der Waals surface area contributed by atoms with Gasteiger partial charge in [0.05, 0.1) is 18.7 Å². The third-order valence-electron chi connectivity index (χ3n) is 4.23. The predicted molar refractivity (Wildman–Crippen MR) is 97.7 cm³/mol. The molecule has 142 valence electrons. The van der Waals surface area contributed by atoms with Crippen molar-refractivity contribution in [3.8, 4) is 11.6 Å². The topological polar surface area (TPSA) is 108 Å². The Balaban J connectivity index is 1.64. The van der Waals surface area contributed by atoms with Crippen molar-refractivity contribution in [2.45, 2.75) is 25.9 Å². The fourth-order valence-corrected chi connectivity index (χ4v) is 2.95. The molecule has 3 heterocycles. The lowest BCUT2D eigenvalue weighted by Gasteiger charge is -2.33. The van der Waals surface area contributed by atoms with E-state index < -0.39 is 5.91 Å². The number of hydrogen-bond donors (Lipinski definition) is 1. The van der Waals surface area contributed by atoms with E-state index in [9.17, 15) is 9.59 Å². The Kier molecular flexibility index (Phi) is 5.85. The predicted octanol–water partition coefficient (Wildman–Crippen LogP) is 1.66. The maximum atomic E-state index is 12.7. The van der Waals surface area contributed by atoms with Gasteiger partial charge in [0.25, 0.3) is 11.8 Å². The van der Waals surface area contributed by atoms with Crippen LogP contribution < -0.4 is 15.2 Å². The summed E-state index contributed by atoms with van der Waals surface area (Å²) in [6.45, 7) is 3.52. The fraction of sp³-hybridized carbons (Fsp3) is 0.368. The molecule has 0 aromatic carbocycles. The number of piperidine rings is 1. The quantitative estimate of drug-likeness (QED) is 0.828. The van der Waals surface area contributed by atoms with Crippen LogP contribution in [0.4, 0.5) is 0 Å². The first-order valence-electron chi connectivity index (χ1n) is 8.87. The zero-order chi connectivity index (χ0) is 19.2. The summed E-state index contributed by atoms with van der Waals surface area (Å²) in [6, 6.07) is 6.59. The van der Waals surface area contributed by atoms with Crippen molar-refractivity contribution in [2.24, 2.45) is 5.73 Å². The van der Waals surface area contributed by atoms with Gasteiger partial charge < -0.3 is 20.1 Å². The summed E-state index contributed by atoms with van der Waals surface area (Å²) < 4.78 is 11.2. The van der Waals surface area contributed by atoms with E-state index in [1.807, 2.05) is 6.92 Å². The van der Waals surface area contributed by atoms with E-state index >= 15 is 0 Å². The van der Waals surface area contributed by atoms with Gasteiger partial charge in [0.1, 0.15) is 17.5 Å². The standard InChI is InChI=1S/C19H22N4O4/c1-2-26-17-6-5-13(11-22-17)19(25)23-9-3-4-15(12-23)27-14-7-8-21-16(10-14)18(20)24/h5-8,10-11,15H,2-4,9,12H2,1H3,(H2,20,24). The van der Waals surface area contributed by atoms with Gasteiger partial charge in [0.15, 0.2) is 0 Å². The summed E-state index contributed by atoms with van der Waals surface area (Å²) in [6.07, 6.45) is 4.49. The highest BCUT2D eigenvalue weighted by molar-refractivity contribution is 5.94. The first kappa shape index (κ1) is 18.6. The highest BCUT2D eigenvalue weighted by Crippen LogP contribution is 2.20. The van der Waals surface area contributed by atoms with E-state index in [0.717, 1.165) is 12.8 Å². The lowest BCUT2D eigenvalue weighted by atomic mass is 10.1. The van der Waals surface area contributed by atoms with Gasteiger partial charge in [0, 0.05) is 31.1 Å². The smallest absolute Gasteiger partial charge is 0.267 e. The molecule has 0 spiro atoms. The second-order valence-electron chi connectivity index (χ2n) is 6.19. The molecule has 0 radical (unpaired) electrons. The van der Waals surface area contributed by atoms with Crippen molar-refractivity contribution in [1.82, 2.24) is 14.9 Å². The van der Waals surface area contributed by atoms with Crippen LogP contribution in [0.15, 0.2) is 36.7 Å². The van der Waals surface area contributed by atoms with E-state index in [0.29, 0.717) is 36.9 Å². The Hall–Kier alpha value is -3.16. The number of hydrogen-bond acceptors (Lipinski definition) is 6. The van der Waals surface area contributed by atoms with Crippen molar-refractivity contribution in [1.29, 1.82) is 0 Å². The van der Waals surface area contributed by atoms with E-state index in [4.69, 9.17) is 15.2 Å². The van der Waals surface area contributed by atoms with E-state index in [1.165, 1.54) is 18.5 Å². The average Bonchev–Trinajstić information content (AvgIpc) is 2.69. The molecule has 2 amide bonds. The normalized spacial score (nSPS) is 16.6. The lowest BCUT2D eigenvalue weighted by molar-refractivity contribution is 0.0537. The molecule has 2 aromatic heterocycles. The first-order chi connectivity index (χ1) is 13.1. The minimum Gasteiger partial charge on any atom is -0.488 e. The number of amides is 2. The second kappa shape index (κ2) is 8.48. The fourth-order valence-electron chi connectivity index (χ4n) is 2.95. The number of likely N-dealkylation sites (tertiary alicyclic amines) is 1. The minimum atomic E-state index is -0.608. The number of ether oxygens (including phenoxy) is 2. The van der Waals surface area contributed by atoms with Crippen LogP contribution in [0.25, 0.3) is 0 Å². The van der Waals surface area contributed by atoms with Crippen molar-refractivity contribution in [2.75, 3.05) is 19.7 Å². The Morgan fingerprint density at radius 2 is 2.15 bits per heavy atom.